The number of benzene rings is 1. The summed E-state index contributed by atoms with van der Waals surface area (Å²) < 4.78 is 1.18. The monoisotopic (exact) mass is 372 g/mol. The third-order valence-corrected chi connectivity index (χ3v) is 5.67. The Hall–Kier alpha value is -0.120. The van der Waals surface area contributed by atoms with Gasteiger partial charge in [-0.15, -0.1) is 11.3 Å². The Morgan fingerprint density at radius 1 is 1.12 bits per heavy atom. The quantitative estimate of drug-likeness (QED) is 0.581. The topological polar surface area (TPSA) is 0 Å². The molecule has 0 radical (unpaired) electrons. The number of hydrogen-bond donors (Lipinski definition) is 0. The van der Waals surface area contributed by atoms with E-state index in [2.05, 4.69) is 75.2 Å². The molecular formula is C14H14Br2S. The predicted octanol–water partition coefficient (Wildman–Crippen LogP) is 5.95. The van der Waals surface area contributed by atoms with Crippen molar-refractivity contribution in [2.24, 2.45) is 0 Å². The first-order chi connectivity index (χ1) is 8.20. The van der Waals surface area contributed by atoms with Crippen molar-refractivity contribution in [2.45, 2.75) is 24.6 Å². The summed E-state index contributed by atoms with van der Waals surface area (Å²) in [7, 11) is 0. The van der Waals surface area contributed by atoms with Gasteiger partial charge in [0.15, 0.2) is 0 Å². The van der Waals surface area contributed by atoms with Crippen LogP contribution in [0.3, 0.4) is 0 Å². The van der Waals surface area contributed by atoms with Gasteiger partial charge in [0.05, 0.1) is 8.61 Å². The summed E-state index contributed by atoms with van der Waals surface area (Å²) in [4.78, 5) is 1.63. The Labute approximate surface area is 123 Å². The van der Waals surface area contributed by atoms with E-state index in [1.165, 1.54) is 26.2 Å². The molecule has 1 aromatic heterocycles. The van der Waals surface area contributed by atoms with Gasteiger partial charge in [-0.1, -0.05) is 53.5 Å². The van der Waals surface area contributed by atoms with Crippen molar-refractivity contribution in [1.29, 1.82) is 0 Å². The lowest BCUT2D eigenvalue weighted by atomic mass is 10.1. The number of thiophene rings is 1. The van der Waals surface area contributed by atoms with Crippen LogP contribution in [0.5, 0.6) is 0 Å². The molecule has 0 saturated heterocycles. The minimum atomic E-state index is 0.300. The second kappa shape index (κ2) is 6.17. The highest BCUT2D eigenvalue weighted by atomic mass is 79.9. The average molecular weight is 374 g/mol. The zero-order chi connectivity index (χ0) is 12.3. The third-order valence-electron chi connectivity index (χ3n) is 2.65. The Bertz CT molecular complexity index is 473. The lowest BCUT2D eigenvalue weighted by Gasteiger charge is -2.08. The van der Waals surface area contributed by atoms with E-state index in [1.807, 2.05) is 0 Å². The maximum atomic E-state index is 3.76. The Morgan fingerprint density at radius 2 is 1.82 bits per heavy atom. The van der Waals surface area contributed by atoms with Gasteiger partial charge in [0.25, 0.3) is 0 Å². The summed E-state index contributed by atoms with van der Waals surface area (Å²) in [5, 5.41) is 0. The molecule has 0 aliphatic carbocycles. The Balaban J connectivity index is 2.16. The van der Waals surface area contributed by atoms with Crippen LogP contribution in [0.1, 0.15) is 34.2 Å². The molecule has 0 aliphatic heterocycles. The van der Waals surface area contributed by atoms with Gasteiger partial charge in [0.1, 0.15) is 0 Å². The largest absolute Gasteiger partial charge is 0.132 e. The molecule has 0 saturated carbocycles. The molecule has 1 heterocycles. The molecule has 3 heteroatoms. The molecule has 0 nitrogen and oxygen atoms in total. The number of aryl methyl sites for hydroxylation is 1. The maximum Gasteiger partial charge on any atom is 0.0738 e. The SMILES string of the molecule is CCCc1ccc(C(Br)c2ccc(Br)s2)cc1. The average Bonchev–Trinajstić information content (AvgIpc) is 2.76. The predicted molar refractivity (Wildman–Crippen MR) is 83.2 cm³/mol. The Morgan fingerprint density at radius 3 is 2.35 bits per heavy atom. The number of hydrogen-bond acceptors (Lipinski definition) is 1. The first-order valence-electron chi connectivity index (χ1n) is 5.69. The second-order valence-corrected chi connectivity index (χ2v) is 7.41. The van der Waals surface area contributed by atoms with Gasteiger partial charge in [0, 0.05) is 4.88 Å². The van der Waals surface area contributed by atoms with Gasteiger partial charge in [-0.3, -0.25) is 0 Å². The van der Waals surface area contributed by atoms with E-state index in [1.54, 1.807) is 11.3 Å². The van der Waals surface area contributed by atoms with E-state index in [9.17, 15) is 0 Å². The van der Waals surface area contributed by atoms with E-state index >= 15 is 0 Å². The van der Waals surface area contributed by atoms with Crippen LogP contribution in [0, 0.1) is 0 Å². The normalized spacial score (nSPS) is 12.6. The van der Waals surface area contributed by atoms with Crippen LogP contribution < -0.4 is 0 Å². The van der Waals surface area contributed by atoms with E-state index < -0.39 is 0 Å². The fourth-order valence-electron chi connectivity index (χ4n) is 1.77. The van der Waals surface area contributed by atoms with Crippen LogP contribution >= 0.6 is 43.2 Å². The summed E-state index contributed by atoms with van der Waals surface area (Å²) in [5.74, 6) is 0. The van der Waals surface area contributed by atoms with Crippen LogP contribution in [0.4, 0.5) is 0 Å². The van der Waals surface area contributed by atoms with Crippen molar-refractivity contribution in [3.8, 4) is 0 Å². The lowest BCUT2D eigenvalue weighted by molar-refractivity contribution is 0.920. The molecule has 0 spiro atoms. The fourth-order valence-corrected chi connectivity index (χ4v) is 3.94. The number of alkyl halides is 1. The van der Waals surface area contributed by atoms with Crippen molar-refractivity contribution in [2.75, 3.05) is 0 Å². The van der Waals surface area contributed by atoms with Gasteiger partial charge in [0.2, 0.25) is 0 Å². The molecule has 90 valence electrons. The minimum Gasteiger partial charge on any atom is -0.132 e. The fraction of sp³-hybridized carbons (Fsp3) is 0.286. The van der Waals surface area contributed by atoms with Crippen LogP contribution in [0.15, 0.2) is 40.2 Å². The van der Waals surface area contributed by atoms with Crippen molar-refractivity contribution in [3.63, 3.8) is 0 Å². The molecule has 2 aromatic rings. The molecule has 1 atom stereocenters. The zero-order valence-electron chi connectivity index (χ0n) is 9.62. The van der Waals surface area contributed by atoms with E-state index in [0.29, 0.717) is 4.83 Å². The van der Waals surface area contributed by atoms with Crippen molar-refractivity contribution in [1.82, 2.24) is 0 Å². The summed E-state index contributed by atoms with van der Waals surface area (Å²) >= 11 is 9.04. The number of rotatable bonds is 4. The van der Waals surface area contributed by atoms with Gasteiger partial charge in [-0.05, 0) is 45.6 Å². The van der Waals surface area contributed by atoms with E-state index in [0.717, 1.165) is 6.42 Å². The first kappa shape index (κ1) is 13.3. The highest BCUT2D eigenvalue weighted by Crippen LogP contribution is 2.36. The molecule has 0 fully saturated rings. The van der Waals surface area contributed by atoms with Gasteiger partial charge >= 0.3 is 0 Å². The summed E-state index contributed by atoms with van der Waals surface area (Å²) in [6.07, 6.45) is 2.37. The summed E-state index contributed by atoms with van der Waals surface area (Å²) in [6, 6.07) is 13.2. The molecule has 0 aliphatic rings. The van der Waals surface area contributed by atoms with Crippen molar-refractivity contribution in [3.05, 3.63) is 56.2 Å². The molecule has 1 aromatic carbocycles. The summed E-state index contributed by atoms with van der Waals surface area (Å²) in [6.45, 7) is 2.21. The molecule has 0 bridgehead atoms. The van der Waals surface area contributed by atoms with E-state index in [4.69, 9.17) is 0 Å². The molecule has 1 unspecified atom stereocenters. The molecule has 2 rings (SSSR count). The highest BCUT2D eigenvalue weighted by Gasteiger charge is 2.12. The van der Waals surface area contributed by atoms with Crippen LogP contribution in [0.25, 0.3) is 0 Å². The highest BCUT2D eigenvalue weighted by molar-refractivity contribution is 9.11. The minimum absolute atomic E-state index is 0.300. The third kappa shape index (κ3) is 3.43. The smallest absolute Gasteiger partial charge is 0.0738 e. The first-order valence-corrected chi connectivity index (χ1v) is 8.21. The lowest BCUT2D eigenvalue weighted by Crippen LogP contribution is -1.90. The standard InChI is InChI=1S/C14H14Br2S/c1-2-3-10-4-6-11(7-5-10)14(16)12-8-9-13(15)17-12/h4-9,14H,2-3H2,1H3. The Kier molecular flexibility index (Phi) is 4.83. The van der Waals surface area contributed by atoms with Crippen LogP contribution in [-0.2, 0) is 6.42 Å². The van der Waals surface area contributed by atoms with Crippen LogP contribution in [0.2, 0.25) is 0 Å². The van der Waals surface area contributed by atoms with Crippen molar-refractivity contribution >= 4 is 43.2 Å². The van der Waals surface area contributed by atoms with Gasteiger partial charge in [-0.2, -0.15) is 0 Å². The zero-order valence-corrected chi connectivity index (χ0v) is 13.6. The van der Waals surface area contributed by atoms with Crippen molar-refractivity contribution < 1.29 is 0 Å². The molecule has 17 heavy (non-hydrogen) atoms. The van der Waals surface area contributed by atoms with Gasteiger partial charge in [-0.25, -0.2) is 0 Å². The molecule has 0 amide bonds. The molecule has 0 N–H and O–H groups in total. The van der Waals surface area contributed by atoms with Crippen LogP contribution in [-0.4, -0.2) is 0 Å². The number of halogens is 2. The second-order valence-electron chi connectivity index (χ2n) is 4.00. The molecular weight excluding hydrogens is 360 g/mol. The van der Waals surface area contributed by atoms with E-state index in [-0.39, 0.29) is 0 Å². The van der Waals surface area contributed by atoms with Gasteiger partial charge < -0.3 is 0 Å². The summed E-state index contributed by atoms with van der Waals surface area (Å²) in [5.41, 5.74) is 2.74. The maximum absolute atomic E-state index is 3.76.